The standard InChI is InChI=1S/C19H31N3O2/c1-15(16-9-7-6-8-10-16)21-18(2,3)12-20-17(23)11-22-13-19(4,14-22)24-5/h6-10,15,21H,11-14H2,1-5H3,(H,20,23). The Balaban J connectivity index is 1.73. The van der Waals surface area contributed by atoms with Crippen LogP contribution in [0.5, 0.6) is 0 Å². The topological polar surface area (TPSA) is 53.6 Å². The van der Waals surface area contributed by atoms with Gasteiger partial charge in [0.15, 0.2) is 0 Å². The van der Waals surface area contributed by atoms with Crippen molar-refractivity contribution in [1.29, 1.82) is 0 Å². The third-order valence-electron chi connectivity index (χ3n) is 4.61. The van der Waals surface area contributed by atoms with E-state index in [9.17, 15) is 4.79 Å². The van der Waals surface area contributed by atoms with Gasteiger partial charge in [0.1, 0.15) is 0 Å². The lowest BCUT2D eigenvalue weighted by Crippen LogP contribution is -2.63. The molecule has 134 valence electrons. The fraction of sp³-hybridized carbons (Fsp3) is 0.632. The molecule has 1 aromatic carbocycles. The van der Waals surface area contributed by atoms with E-state index < -0.39 is 0 Å². The molecule has 1 aliphatic rings. The maximum Gasteiger partial charge on any atom is 0.234 e. The molecule has 1 heterocycles. The molecule has 1 amide bonds. The summed E-state index contributed by atoms with van der Waals surface area (Å²) in [6, 6.07) is 10.6. The largest absolute Gasteiger partial charge is 0.376 e. The predicted molar refractivity (Wildman–Crippen MR) is 96.9 cm³/mol. The van der Waals surface area contributed by atoms with Crippen molar-refractivity contribution in [3.8, 4) is 0 Å². The van der Waals surface area contributed by atoms with Gasteiger partial charge in [-0.15, -0.1) is 0 Å². The Kier molecular flexibility index (Phi) is 6.01. The molecular formula is C19H31N3O2. The molecule has 0 spiro atoms. The fourth-order valence-electron chi connectivity index (χ4n) is 3.18. The van der Waals surface area contributed by atoms with E-state index in [0.29, 0.717) is 13.1 Å². The molecule has 2 N–H and O–H groups in total. The zero-order chi connectivity index (χ0) is 17.8. The average molecular weight is 333 g/mol. The van der Waals surface area contributed by atoms with E-state index in [2.05, 4.69) is 55.4 Å². The number of amides is 1. The Hall–Kier alpha value is -1.43. The van der Waals surface area contributed by atoms with Gasteiger partial charge in [-0.05, 0) is 33.3 Å². The molecule has 0 saturated carbocycles. The van der Waals surface area contributed by atoms with Crippen LogP contribution in [0.2, 0.25) is 0 Å². The van der Waals surface area contributed by atoms with Gasteiger partial charge in [0.05, 0.1) is 12.1 Å². The first-order valence-electron chi connectivity index (χ1n) is 8.60. The van der Waals surface area contributed by atoms with Crippen LogP contribution in [0.15, 0.2) is 30.3 Å². The van der Waals surface area contributed by atoms with Crippen LogP contribution in [0, 0.1) is 0 Å². The van der Waals surface area contributed by atoms with E-state index in [4.69, 9.17) is 4.74 Å². The van der Waals surface area contributed by atoms with Crippen LogP contribution in [-0.4, -0.2) is 55.2 Å². The van der Waals surface area contributed by atoms with Gasteiger partial charge in [0.2, 0.25) is 5.91 Å². The minimum atomic E-state index is -0.180. The molecule has 1 saturated heterocycles. The van der Waals surface area contributed by atoms with Gasteiger partial charge >= 0.3 is 0 Å². The van der Waals surface area contributed by atoms with E-state index in [-0.39, 0.29) is 23.1 Å². The number of nitrogens with one attached hydrogen (secondary N) is 2. The number of carbonyl (C=O) groups excluding carboxylic acids is 1. The van der Waals surface area contributed by atoms with Crippen LogP contribution in [0.4, 0.5) is 0 Å². The molecule has 2 rings (SSSR count). The number of benzene rings is 1. The highest BCUT2D eigenvalue weighted by Crippen LogP contribution is 2.23. The summed E-state index contributed by atoms with van der Waals surface area (Å²) >= 11 is 0. The number of ether oxygens (including phenoxy) is 1. The quantitative estimate of drug-likeness (QED) is 0.763. The molecule has 5 heteroatoms. The molecule has 1 atom stereocenters. The first-order valence-corrected chi connectivity index (χ1v) is 8.60. The third kappa shape index (κ3) is 5.30. The Bertz CT molecular complexity index is 539. The second kappa shape index (κ2) is 7.64. The summed E-state index contributed by atoms with van der Waals surface area (Å²) in [5.74, 6) is 0.0652. The zero-order valence-electron chi connectivity index (χ0n) is 15.6. The summed E-state index contributed by atoms with van der Waals surface area (Å²) in [6.07, 6.45) is 0. The van der Waals surface area contributed by atoms with E-state index in [1.807, 2.05) is 18.2 Å². The van der Waals surface area contributed by atoms with E-state index >= 15 is 0 Å². The number of nitrogens with zero attached hydrogens (tertiary/aromatic N) is 1. The average Bonchev–Trinajstić information content (AvgIpc) is 2.52. The van der Waals surface area contributed by atoms with Gasteiger partial charge in [0.25, 0.3) is 0 Å². The zero-order valence-corrected chi connectivity index (χ0v) is 15.6. The van der Waals surface area contributed by atoms with Crippen molar-refractivity contribution in [3.05, 3.63) is 35.9 Å². The van der Waals surface area contributed by atoms with Crippen molar-refractivity contribution in [1.82, 2.24) is 15.5 Å². The minimum Gasteiger partial charge on any atom is -0.376 e. The van der Waals surface area contributed by atoms with Crippen molar-refractivity contribution in [2.24, 2.45) is 0 Å². The number of carbonyl (C=O) groups is 1. The van der Waals surface area contributed by atoms with Crippen molar-refractivity contribution >= 4 is 5.91 Å². The summed E-state index contributed by atoms with van der Waals surface area (Å²) in [7, 11) is 1.72. The normalized spacial score (nSPS) is 18.7. The lowest BCUT2D eigenvalue weighted by Gasteiger charge is -2.46. The van der Waals surface area contributed by atoms with Crippen LogP contribution in [0.25, 0.3) is 0 Å². The molecule has 1 unspecified atom stereocenters. The monoisotopic (exact) mass is 333 g/mol. The van der Waals surface area contributed by atoms with Gasteiger partial charge in [-0.2, -0.15) is 0 Å². The van der Waals surface area contributed by atoms with Crippen LogP contribution in [-0.2, 0) is 9.53 Å². The van der Waals surface area contributed by atoms with Gasteiger partial charge in [-0.1, -0.05) is 30.3 Å². The highest BCUT2D eigenvalue weighted by atomic mass is 16.5. The SMILES string of the molecule is COC1(C)CN(CC(=O)NCC(C)(C)NC(C)c2ccccc2)C1. The lowest BCUT2D eigenvalue weighted by atomic mass is 9.96. The summed E-state index contributed by atoms with van der Waals surface area (Å²) < 4.78 is 5.40. The maximum atomic E-state index is 12.1. The number of hydrogen-bond donors (Lipinski definition) is 2. The Labute approximate surface area is 145 Å². The Morgan fingerprint density at radius 2 is 1.96 bits per heavy atom. The summed E-state index contributed by atoms with van der Waals surface area (Å²) in [4.78, 5) is 14.2. The molecule has 24 heavy (non-hydrogen) atoms. The van der Waals surface area contributed by atoms with Crippen LogP contribution < -0.4 is 10.6 Å². The second-order valence-corrected chi connectivity index (χ2v) is 7.74. The van der Waals surface area contributed by atoms with Crippen molar-refractivity contribution in [2.75, 3.05) is 33.3 Å². The van der Waals surface area contributed by atoms with Gasteiger partial charge in [0, 0.05) is 38.3 Å². The van der Waals surface area contributed by atoms with Crippen molar-refractivity contribution in [2.45, 2.75) is 44.9 Å². The molecule has 1 aliphatic heterocycles. The molecule has 5 nitrogen and oxygen atoms in total. The molecule has 0 aromatic heterocycles. The van der Waals surface area contributed by atoms with Gasteiger partial charge in [-0.25, -0.2) is 0 Å². The van der Waals surface area contributed by atoms with E-state index in [1.165, 1.54) is 5.56 Å². The van der Waals surface area contributed by atoms with Gasteiger partial charge in [-0.3, -0.25) is 9.69 Å². The molecule has 0 bridgehead atoms. The number of rotatable bonds is 8. The number of likely N-dealkylation sites (tertiary alicyclic amines) is 1. The second-order valence-electron chi connectivity index (χ2n) is 7.74. The van der Waals surface area contributed by atoms with Crippen LogP contribution in [0.3, 0.4) is 0 Å². The Morgan fingerprint density at radius 1 is 1.33 bits per heavy atom. The highest BCUT2D eigenvalue weighted by Gasteiger charge is 2.39. The Morgan fingerprint density at radius 3 is 2.54 bits per heavy atom. The summed E-state index contributed by atoms with van der Waals surface area (Å²) in [5.41, 5.74) is 0.976. The lowest BCUT2D eigenvalue weighted by molar-refractivity contribution is -0.135. The molecule has 1 fully saturated rings. The van der Waals surface area contributed by atoms with E-state index in [0.717, 1.165) is 13.1 Å². The molecular weight excluding hydrogens is 302 g/mol. The van der Waals surface area contributed by atoms with Crippen molar-refractivity contribution < 1.29 is 9.53 Å². The third-order valence-corrected chi connectivity index (χ3v) is 4.61. The number of hydrogen-bond acceptors (Lipinski definition) is 4. The van der Waals surface area contributed by atoms with Crippen LogP contribution >= 0.6 is 0 Å². The van der Waals surface area contributed by atoms with E-state index in [1.54, 1.807) is 7.11 Å². The summed E-state index contributed by atoms with van der Waals surface area (Å²) in [6.45, 7) is 11.1. The first-order chi connectivity index (χ1) is 11.2. The molecule has 0 aliphatic carbocycles. The number of methoxy groups -OCH3 is 1. The fourth-order valence-corrected chi connectivity index (χ4v) is 3.18. The minimum absolute atomic E-state index is 0.0652. The molecule has 0 radical (unpaired) electrons. The smallest absolute Gasteiger partial charge is 0.234 e. The van der Waals surface area contributed by atoms with Crippen molar-refractivity contribution in [3.63, 3.8) is 0 Å². The first kappa shape index (κ1) is 18.9. The predicted octanol–water partition coefficient (Wildman–Crippen LogP) is 1.95. The molecule has 1 aromatic rings. The summed E-state index contributed by atoms with van der Waals surface area (Å²) in [5, 5.41) is 6.62. The maximum absolute atomic E-state index is 12.1. The van der Waals surface area contributed by atoms with Gasteiger partial charge < -0.3 is 15.4 Å². The van der Waals surface area contributed by atoms with Crippen LogP contribution in [0.1, 0.15) is 39.3 Å². The highest BCUT2D eigenvalue weighted by molar-refractivity contribution is 5.78.